The quantitative estimate of drug-likeness (QED) is 0.495. The average molecular weight is 441 g/mol. The van der Waals surface area contributed by atoms with Crippen molar-refractivity contribution in [2.24, 2.45) is 0 Å². The van der Waals surface area contributed by atoms with E-state index in [2.05, 4.69) is 5.32 Å². The number of hydrogen-bond acceptors (Lipinski definition) is 7. The monoisotopic (exact) mass is 441 g/mol. The molecule has 0 unspecified atom stereocenters. The number of aliphatic carboxylic acids is 2. The van der Waals surface area contributed by atoms with Crippen molar-refractivity contribution >= 4 is 29.7 Å². The van der Waals surface area contributed by atoms with Crippen molar-refractivity contribution in [2.45, 2.75) is 12.5 Å². The molecule has 0 bridgehead atoms. The molecule has 0 aromatic heterocycles. The normalized spacial score (nSPS) is 14.3. The minimum atomic E-state index is -1.58. The van der Waals surface area contributed by atoms with Crippen LogP contribution in [0, 0.1) is 0 Å². The van der Waals surface area contributed by atoms with E-state index in [1.807, 2.05) is 0 Å². The van der Waals surface area contributed by atoms with Crippen LogP contribution in [0.2, 0.25) is 0 Å². The van der Waals surface area contributed by atoms with Crippen molar-refractivity contribution in [3.8, 4) is 17.2 Å². The molecule has 0 saturated carbocycles. The van der Waals surface area contributed by atoms with E-state index in [1.165, 1.54) is 25.3 Å². The van der Waals surface area contributed by atoms with Crippen LogP contribution in [0.5, 0.6) is 17.2 Å². The first kappa shape index (κ1) is 22.3. The molecule has 10 nitrogen and oxygen atoms in total. The summed E-state index contributed by atoms with van der Waals surface area (Å²) < 4.78 is 16.1. The summed E-state index contributed by atoms with van der Waals surface area (Å²) in [6, 6.07) is 9.89. The maximum Gasteiger partial charge on any atom is 0.326 e. The van der Waals surface area contributed by atoms with Gasteiger partial charge in [-0.3, -0.25) is 14.4 Å². The summed E-state index contributed by atoms with van der Waals surface area (Å²) in [5.74, 6) is -2.76. The molecule has 3 rings (SSSR count). The summed E-state index contributed by atoms with van der Waals surface area (Å²) in [6.45, 7) is -0.553. The molecule has 1 aliphatic heterocycles. The van der Waals surface area contributed by atoms with Gasteiger partial charge in [-0.2, -0.15) is 0 Å². The second-order valence-electron chi connectivity index (χ2n) is 6.72. The number of methoxy groups -OCH3 is 1. The van der Waals surface area contributed by atoms with Gasteiger partial charge in [-0.25, -0.2) is 4.79 Å². The summed E-state index contributed by atoms with van der Waals surface area (Å²) in [4.78, 5) is 46.2. The van der Waals surface area contributed by atoms with E-state index in [0.29, 0.717) is 16.9 Å². The molecule has 1 aliphatic rings. The van der Waals surface area contributed by atoms with Crippen LogP contribution in [0.1, 0.15) is 22.3 Å². The van der Waals surface area contributed by atoms with Gasteiger partial charge < -0.3 is 29.7 Å². The predicted molar refractivity (Wildman–Crippen MR) is 110 cm³/mol. The van der Waals surface area contributed by atoms with E-state index in [1.54, 1.807) is 30.3 Å². The van der Waals surface area contributed by atoms with E-state index >= 15 is 0 Å². The van der Waals surface area contributed by atoms with Crippen LogP contribution in [0.3, 0.4) is 0 Å². The molecule has 1 heterocycles. The van der Waals surface area contributed by atoms with Crippen LogP contribution in [-0.4, -0.2) is 53.6 Å². The van der Waals surface area contributed by atoms with Crippen molar-refractivity contribution in [1.29, 1.82) is 0 Å². The molecule has 2 aromatic rings. The number of amides is 1. The first-order valence-corrected chi connectivity index (χ1v) is 9.36. The highest BCUT2D eigenvalue weighted by Gasteiger charge is 2.28. The highest BCUT2D eigenvalue weighted by molar-refractivity contribution is 6.14. The smallest absolute Gasteiger partial charge is 0.326 e. The number of ether oxygens (including phenoxy) is 3. The van der Waals surface area contributed by atoms with E-state index in [9.17, 15) is 19.2 Å². The third-order valence-corrected chi connectivity index (χ3v) is 4.41. The van der Waals surface area contributed by atoms with Gasteiger partial charge in [-0.15, -0.1) is 0 Å². The predicted octanol–water partition coefficient (Wildman–Crippen LogP) is 1.73. The molecular formula is C22H19NO9. The Balaban J connectivity index is 1.65. The number of fused-ring (bicyclic) bond motifs is 1. The van der Waals surface area contributed by atoms with Crippen molar-refractivity contribution in [1.82, 2.24) is 5.32 Å². The number of carbonyl (C=O) groups is 4. The number of rotatable bonds is 9. The fourth-order valence-electron chi connectivity index (χ4n) is 2.90. The number of carboxylic acids is 2. The Morgan fingerprint density at radius 3 is 2.59 bits per heavy atom. The van der Waals surface area contributed by atoms with E-state index < -0.39 is 36.9 Å². The zero-order chi connectivity index (χ0) is 23.3. The fourth-order valence-corrected chi connectivity index (χ4v) is 2.90. The van der Waals surface area contributed by atoms with Crippen LogP contribution in [0.15, 0.2) is 48.2 Å². The molecule has 166 valence electrons. The first-order chi connectivity index (χ1) is 15.3. The largest absolute Gasteiger partial charge is 0.497 e. The standard InChI is InChI=1S/C22H19NO9/c1-30-13-4-2-3-12(7-13)8-18-21(27)15-6-5-14(9-17(15)32-18)31-11-19(24)23-16(22(28)29)10-20(25)26/h2-9,16H,10-11H2,1H3,(H,23,24)(H,25,26)(H,28,29)/t16-/m0/s1. The number of allylic oxidation sites excluding steroid dienone is 1. The lowest BCUT2D eigenvalue weighted by atomic mass is 10.1. The second-order valence-corrected chi connectivity index (χ2v) is 6.72. The third kappa shape index (κ3) is 5.42. The van der Waals surface area contributed by atoms with Crippen LogP contribution in [0.25, 0.3) is 6.08 Å². The van der Waals surface area contributed by atoms with Crippen LogP contribution < -0.4 is 19.5 Å². The summed E-state index contributed by atoms with van der Waals surface area (Å²) in [5.41, 5.74) is 1.03. The number of benzene rings is 2. The molecule has 1 amide bonds. The molecule has 1 atom stereocenters. The van der Waals surface area contributed by atoms with Gasteiger partial charge in [0.25, 0.3) is 5.91 Å². The maximum absolute atomic E-state index is 12.6. The lowest BCUT2D eigenvalue weighted by molar-refractivity contribution is -0.147. The van der Waals surface area contributed by atoms with Gasteiger partial charge in [0.1, 0.15) is 23.3 Å². The lowest BCUT2D eigenvalue weighted by Gasteiger charge is -2.13. The van der Waals surface area contributed by atoms with E-state index in [-0.39, 0.29) is 23.0 Å². The Morgan fingerprint density at radius 2 is 1.91 bits per heavy atom. The highest BCUT2D eigenvalue weighted by Crippen LogP contribution is 2.35. The van der Waals surface area contributed by atoms with Gasteiger partial charge in [0.2, 0.25) is 5.78 Å². The molecule has 10 heteroatoms. The number of Topliss-reactive ketones (excluding diaryl/α,β-unsaturated/α-hetero) is 1. The second kappa shape index (κ2) is 9.65. The molecular weight excluding hydrogens is 422 g/mol. The maximum atomic E-state index is 12.6. The minimum Gasteiger partial charge on any atom is -0.497 e. The average Bonchev–Trinajstić information content (AvgIpc) is 3.06. The summed E-state index contributed by atoms with van der Waals surface area (Å²) in [6.07, 6.45) is 0.811. The Labute approximate surface area is 182 Å². The van der Waals surface area contributed by atoms with E-state index in [0.717, 1.165) is 0 Å². The molecule has 0 spiro atoms. The van der Waals surface area contributed by atoms with Crippen molar-refractivity contribution in [2.75, 3.05) is 13.7 Å². The van der Waals surface area contributed by atoms with Crippen LogP contribution in [-0.2, 0) is 14.4 Å². The minimum absolute atomic E-state index is 0.112. The third-order valence-electron chi connectivity index (χ3n) is 4.41. The van der Waals surface area contributed by atoms with Gasteiger partial charge in [-0.05, 0) is 35.9 Å². The number of ketones is 1. The summed E-state index contributed by atoms with van der Waals surface area (Å²) >= 11 is 0. The van der Waals surface area contributed by atoms with Gasteiger partial charge in [0.05, 0.1) is 19.1 Å². The highest BCUT2D eigenvalue weighted by atomic mass is 16.5. The van der Waals surface area contributed by atoms with E-state index in [4.69, 9.17) is 24.4 Å². The SMILES string of the molecule is COc1cccc(C=C2Oc3cc(OCC(=O)N[C@@H](CC(=O)O)C(=O)O)ccc3C2=O)c1. The number of hydrogen-bond donors (Lipinski definition) is 3. The Bertz CT molecular complexity index is 1110. The summed E-state index contributed by atoms with van der Waals surface area (Å²) in [5, 5.41) is 19.7. The lowest BCUT2D eigenvalue weighted by Crippen LogP contribution is -2.44. The molecule has 0 fully saturated rings. The first-order valence-electron chi connectivity index (χ1n) is 9.36. The number of carbonyl (C=O) groups excluding carboxylic acids is 2. The molecule has 0 saturated heterocycles. The fraction of sp³-hybridized carbons (Fsp3) is 0.182. The molecule has 3 N–H and O–H groups in total. The topological polar surface area (TPSA) is 148 Å². The van der Waals surface area contributed by atoms with Gasteiger partial charge in [0.15, 0.2) is 12.4 Å². The number of nitrogens with one attached hydrogen (secondary N) is 1. The number of carboxylic acid groups (broad SMARTS) is 2. The van der Waals surface area contributed by atoms with Gasteiger partial charge >= 0.3 is 11.9 Å². The molecule has 32 heavy (non-hydrogen) atoms. The zero-order valence-electron chi connectivity index (χ0n) is 16.9. The van der Waals surface area contributed by atoms with Gasteiger partial charge in [-0.1, -0.05) is 12.1 Å². The van der Waals surface area contributed by atoms with Crippen LogP contribution >= 0.6 is 0 Å². The molecule has 0 aliphatic carbocycles. The molecule has 2 aromatic carbocycles. The van der Waals surface area contributed by atoms with Crippen molar-refractivity contribution in [3.05, 3.63) is 59.4 Å². The summed E-state index contributed by atoms with van der Waals surface area (Å²) in [7, 11) is 1.54. The van der Waals surface area contributed by atoms with Gasteiger partial charge in [0, 0.05) is 6.07 Å². The zero-order valence-corrected chi connectivity index (χ0v) is 16.9. The van der Waals surface area contributed by atoms with Crippen molar-refractivity contribution in [3.63, 3.8) is 0 Å². The van der Waals surface area contributed by atoms with Crippen molar-refractivity contribution < 1.29 is 43.6 Å². The Morgan fingerprint density at radius 1 is 1.12 bits per heavy atom. The Kier molecular flexibility index (Phi) is 6.74. The molecule has 0 radical (unpaired) electrons. The van der Waals surface area contributed by atoms with Crippen LogP contribution in [0.4, 0.5) is 0 Å². The Hall–Kier alpha value is -4.34.